The van der Waals surface area contributed by atoms with Crippen LogP contribution in [-0.2, 0) is 4.74 Å². The van der Waals surface area contributed by atoms with Gasteiger partial charge in [0.2, 0.25) is 0 Å². The molecule has 5 nitrogen and oxygen atoms in total. The summed E-state index contributed by atoms with van der Waals surface area (Å²) in [7, 11) is 0. The summed E-state index contributed by atoms with van der Waals surface area (Å²) in [5.74, 6) is 1.75. The smallest absolute Gasteiger partial charge is 0.110 e. The van der Waals surface area contributed by atoms with Crippen molar-refractivity contribution < 1.29 is 25.2 Å². The van der Waals surface area contributed by atoms with Crippen LogP contribution < -0.4 is 0 Å². The number of fused-ring (bicyclic) bond motifs is 1. The molecule has 33 heavy (non-hydrogen) atoms. The molecule has 0 heterocycles. The molecular weight excluding hydrogens is 416 g/mol. The fourth-order valence-electron chi connectivity index (χ4n) is 6.73. The van der Waals surface area contributed by atoms with Crippen molar-refractivity contribution in [3.05, 3.63) is 35.5 Å². The zero-order chi connectivity index (χ0) is 24.2. The molecule has 0 spiro atoms. The summed E-state index contributed by atoms with van der Waals surface area (Å²) in [6, 6.07) is 0. The predicted octanol–water partition coefficient (Wildman–Crippen LogP) is 4.30. The van der Waals surface area contributed by atoms with Crippen LogP contribution in [0.5, 0.6) is 0 Å². The minimum Gasteiger partial charge on any atom is -0.394 e. The Hall–Kier alpha value is -0.980. The van der Waals surface area contributed by atoms with E-state index in [0.29, 0.717) is 42.4 Å². The van der Waals surface area contributed by atoms with Crippen LogP contribution in [0.15, 0.2) is 35.5 Å². The Morgan fingerprint density at radius 2 is 1.85 bits per heavy atom. The van der Waals surface area contributed by atoms with E-state index in [1.54, 1.807) is 0 Å². The molecular formula is C28H46O5. The van der Waals surface area contributed by atoms with Gasteiger partial charge in [-0.05, 0) is 88.4 Å². The monoisotopic (exact) mass is 462 g/mol. The van der Waals surface area contributed by atoms with Crippen LogP contribution >= 0.6 is 0 Å². The first-order chi connectivity index (χ1) is 15.5. The third kappa shape index (κ3) is 6.58. The maximum atomic E-state index is 10.4. The predicted molar refractivity (Wildman–Crippen MR) is 132 cm³/mol. The molecule has 0 aromatic rings. The van der Waals surface area contributed by atoms with Gasteiger partial charge in [0.15, 0.2) is 0 Å². The van der Waals surface area contributed by atoms with E-state index in [4.69, 9.17) is 9.84 Å². The number of hydrogen-bond acceptors (Lipinski definition) is 5. The average molecular weight is 463 g/mol. The molecule has 6 atom stereocenters. The van der Waals surface area contributed by atoms with Gasteiger partial charge >= 0.3 is 0 Å². The van der Waals surface area contributed by atoms with E-state index in [2.05, 4.69) is 38.2 Å². The quantitative estimate of drug-likeness (QED) is 0.404. The van der Waals surface area contributed by atoms with Crippen LogP contribution in [0.1, 0.15) is 79.1 Å². The number of aliphatic hydroxyl groups is 4. The molecule has 0 radical (unpaired) electrons. The molecule has 0 bridgehead atoms. The lowest BCUT2D eigenvalue weighted by atomic mass is 9.61. The highest BCUT2D eigenvalue weighted by atomic mass is 16.5. The van der Waals surface area contributed by atoms with E-state index in [-0.39, 0.29) is 13.2 Å². The van der Waals surface area contributed by atoms with Crippen molar-refractivity contribution in [2.45, 2.75) is 103 Å². The van der Waals surface area contributed by atoms with Crippen molar-refractivity contribution in [2.75, 3.05) is 13.2 Å². The Bertz CT molecular complexity index is 719. The second-order valence-corrected chi connectivity index (χ2v) is 11.6. The zero-order valence-corrected chi connectivity index (χ0v) is 21.0. The Morgan fingerprint density at radius 1 is 1.15 bits per heavy atom. The lowest BCUT2D eigenvalue weighted by molar-refractivity contribution is -0.115. The molecule has 3 fully saturated rings. The lowest BCUT2D eigenvalue weighted by Gasteiger charge is -2.44. The Labute approximate surface area is 200 Å². The molecule has 3 aliphatic rings. The number of rotatable bonds is 8. The fourth-order valence-corrected chi connectivity index (χ4v) is 6.73. The summed E-state index contributed by atoms with van der Waals surface area (Å²) in [6.45, 7) is 8.54. The summed E-state index contributed by atoms with van der Waals surface area (Å²) in [5.41, 5.74) is 2.23. The van der Waals surface area contributed by atoms with Gasteiger partial charge in [0, 0.05) is 0 Å². The highest BCUT2D eigenvalue weighted by molar-refractivity contribution is 5.27. The average Bonchev–Trinajstić information content (AvgIpc) is 3.08. The van der Waals surface area contributed by atoms with Gasteiger partial charge in [0.05, 0.1) is 31.0 Å². The van der Waals surface area contributed by atoms with Gasteiger partial charge in [0.25, 0.3) is 0 Å². The highest BCUT2D eigenvalue weighted by Gasteiger charge is 2.50. The highest BCUT2D eigenvalue weighted by Crippen LogP contribution is 2.59. The largest absolute Gasteiger partial charge is 0.394 e. The Kier molecular flexibility index (Phi) is 9.01. The van der Waals surface area contributed by atoms with Gasteiger partial charge in [0.1, 0.15) is 6.10 Å². The minimum absolute atomic E-state index is 0.111. The van der Waals surface area contributed by atoms with Crippen LogP contribution in [-0.4, -0.2) is 57.6 Å². The Balaban J connectivity index is 1.67. The van der Waals surface area contributed by atoms with Gasteiger partial charge in [-0.25, -0.2) is 0 Å². The lowest BCUT2D eigenvalue weighted by Crippen LogP contribution is -2.44. The molecule has 0 aliphatic heterocycles. The molecule has 3 aliphatic carbocycles. The minimum atomic E-state index is -0.742. The van der Waals surface area contributed by atoms with Gasteiger partial charge in [-0.15, -0.1) is 0 Å². The zero-order valence-electron chi connectivity index (χ0n) is 21.0. The SMILES string of the molecule is C[C@H](/C=C/CC(C)(C)O)C1CCC2/C(=C/C=C3C[C@@H](O)C(OCCO)[C@H](O)C3)CCCC21C. The van der Waals surface area contributed by atoms with E-state index in [1.807, 2.05) is 13.8 Å². The van der Waals surface area contributed by atoms with E-state index >= 15 is 0 Å². The Morgan fingerprint density at radius 3 is 2.48 bits per heavy atom. The van der Waals surface area contributed by atoms with Crippen molar-refractivity contribution in [3.63, 3.8) is 0 Å². The van der Waals surface area contributed by atoms with Crippen LogP contribution in [0.3, 0.4) is 0 Å². The summed E-state index contributed by atoms with van der Waals surface area (Å²) < 4.78 is 5.44. The van der Waals surface area contributed by atoms with Crippen LogP contribution in [0.2, 0.25) is 0 Å². The molecule has 0 aromatic heterocycles. The molecule has 3 rings (SSSR count). The number of allylic oxidation sites excluding steroid dienone is 4. The molecule has 0 aromatic carbocycles. The maximum absolute atomic E-state index is 10.4. The van der Waals surface area contributed by atoms with Crippen molar-refractivity contribution in [1.29, 1.82) is 0 Å². The third-order valence-corrected chi connectivity index (χ3v) is 8.37. The first-order valence-electron chi connectivity index (χ1n) is 12.9. The topological polar surface area (TPSA) is 90.2 Å². The summed E-state index contributed by atoms with van der Waals surface area (Å²) in [5, 5.41) is 39.8. The van der Waals surface area contributed by atoms with Crippen LogP contribution in [0, 0.1) is 23.2 Å². The van der Waals surface area contributed by atoms with E-state index in [1.165, 1.54) is 31.3 Å². The number of hydrogen-bond donors (Lipinski definition) is 4. The van der Waals surface area contributed by atoms with E-state index in [9.17, 15) is 15.3 Å². The van der Waals surface area contributed by atoms with Crippen LogP contribution in [0.25, 0.3) is 0 Å². The van der Waals surface area contributed by atoms with E-state index in [0.717, 1.165) is 12.0 Å². The van der Waals surface area contributed by atoms with Crippen LogP contribution in [0.4, 0.5) is 0 Å². The van der Waals surface area contributed by atoms with Gasteiger partial charge < -0.3 is 25.2 Å². The normalized spacial score (nSPS) is 37.5. The number of aliphatic hydroxyl groups excluding tert-OH is 3. The second-order valence-electron chi connectivity index (χ2n) is 11.6. The maximum Gasteiger partial charge on any atom is 0.110 e. The molecule has 0 saturated heterocycles. The van der Waals surface area contributed by atoms with Crippen molar-refractivity contribution in [3.8, 4) is 0 Å². The fraction of sp³-hybridized carbons (Fsp3) is 0.786. The molecule has 4 N–H and O–H groups in total. The van der Waals surface area contributed by atoms with Crippen molar-refractivity contribution in [1.82, 2.24) is 0 Å². The van der Waals surface area contributed by atoms with Gasteiger partial charge in [-0.1, -0.05) is 49.3 Å². The van der Waals surface area contributed by atoms with Crippen molar-refractivity contribution in [2.24, 2.45) is 23.2 Å². The summed E-state index contributed by atoms with van der Waals surface area (Å²) in [4.78, 5) is 0. The van der Waals surface area contributed by atoms with Gasteiger partial charge in [-0.2, -0.15) is 0 Å². The van der Waals surface area contributed by atoms with Gasteiger partial charge in [-0.3, -0.25) is 0 Å². The first-order valence-corrected chi connectivity index (χ1v) is 12.9. The second kappa shape index (κ2) is 11.2. The van der Waals surface area contributed by atoms with Crippen molar-refractivity contribution >= 4 is 0 Å². The molecule has 3 saturated carbocycles. The molecule has 3 unspecified atom stereocenters. The molecule has 5 heteroatoms. The standard InChI is InChI=1S/C28H46O5/c1-19(7-5-13-27(2,3)32)22-11-12-23-21(8-6-14-28(22,23)4)10-9-20-17-24(30)26(25(31)18-20)33-16-15-29/h5,7,9-10,19,22-26,29-32H,6,8,11-18H2,1-4H3/b7-5+,20-9?,21-10+/t19-,22?,23?,24-,25-,26?,28?/m1/s1. The summed E-state index contributed by atoms with van der Waals surface area (Å²) in [6.07, 6.45) is 14.5. The summed E-state index contributed by atoms with van der Waals surface area (Å²) >= 11 is 0. The van der Waals surface area contributed by atoms with E-state index < -0.39 is 23.9 Å². The number of ether oxygens (including phenoxy) is 1. The third-order valence-electron chi connectivity index (χ3n) is 8.37. The molecule has 188 valence electrons. The molecule has 0 amide bonds. The first kappa shape index (κ1) is 26.6.